The van der Waals surface area contributed by atoms with Crippen molar-refractivity contribution >= 4 is 12.4 Å². The second kappa shape index (κ2) is 12.9. The normalized spacial score (nSPS) is 42.9. The molecule has 0 spiro atoms. The highest BCUT2D eigenvalue weighted by Gasteiger charge is 2.71. The molecule has 11 aliphatic rings. The van der Waals surface area contributed by atoms with Crippen molar-refractivity contribution in [3.05, 3.63) is 113 Å². The average Bonchev–Trinajstić information content (AvgIpc) is 3.94. The molecule has 1 aromatic heterocycles. The van der Waals surface area contributed by atoms with Crippen LogP contribution < -0.4 is 20.9 Å². The van der Waals surface area contributed by atoms with Gasteiger partial charge < -0.3 is 25.3 Å². The number of anilines is 1. The molecule has 0 amide bonds. The summed E-state index contributed by atoms with van der Waals surface area (Å²) in [5.74, 6) is 7.79. The lowest BCUT2D eigenvalue weighted by molar-refractivity contribution is 0.00866. The van der Waals surface area contributed by atoms with E-state index in [1.165, 1.54) is 82.9 Å². The quantitative estimate of drug-likeness (QED) is 0.244. The molecule has 15 atom stereocenters. The zero-order valence-corrected chi connectivity index (χ0v) is 33.9. The van der Waals surface area contributed by atoms with Gasteiger partial charge in [0.05, 0.1) is 6.04 Å². The molecule has 0 bridgehead atoms. The van der Waals surface area contributed by atoms with Crippen LogP contribution in [0.5, 0.6) is 0 Å². The van der Waals surface area contributed by atoms with E-state index in [1.54, 1.807) is 22.7 Å². The molecular weight excluding hydrogens is 711 g/mol. The molecule has 2 aromatic carbocycles. The van der Waals surface area contributed by atoms with Gasteiger partial charge in [0.25, 0.3) is 0 Å². The topological polar surface area (TPSA) is 71.6 Å². The van der Waals surface area contributed by atoms with E-state index >= 15 is 0 Å². The van der Waals surface area contributed by atoms with Crippen molar-refractivity contribution in [3.8, 4) is 0 Å². The zero-order chi connectivity index (χ0) is 37.6. The number of allylic oxidation sites excluding steroid dienone is 1. The van der Waals surface area contributed by atoms with Crippen molar-refractivity contribution in [1.29, 1.82) is 0 Å². The summed E-state index contributed by atoms with van der Waals surface area (Å²) in [6, 6.07) is 28.5. The number of hydrogen-bond donors (Lipinski definition) is 3. The van der Waals surface area contributed by atoms with Crippen molar-refractivity contribution in [2.45, 2.75) is 142 Å². The van der Waals surface area contributed by atoms with Gasteiger partial charge in [-0.05, 0) is 110 Å². The summed E-state index contributed by atoms with van der Waals surface area (Å²) in [5.41, 5.74) is 8.33. The molecule has 7 fully saturated rings. The standard InChI is InChI=1S/C49H59BN8/c1-3-11-28(12-4-1)34-25-29-13-9-20-51-42(29)39-32-16-7-18-35-44(32)57(46(34)39)37-26-30(47-53-21-10-22-54-47)27-38-41(37)50(35)36-19-8-17-33-40-43-48(55-24-23-52-43)56(31-14-5-2-6-15-31)49(40)58(38)45(33)36/h1-6,10-12,14-15,21-22,29-30,32-38,41-45,48,51-52,55H,7-9,13,16-20,23-27H2. The first kappa shape index (κ1) is 34.1. The van der Waals surface area contributed by atoms with Crippen LogP contribution in [-0.4, -0.2) is 88.5 Å². The Bertz CT molecular complexity index is 2150. The molecule has 15 unspecified atom stereocenters. The van der Waals surface area contributed by atoms with Crippen LogP contribution >= 0.6 is 0 Å². The lowest BCUT2D eigenvalue weighted by Crippen LogP contribution is -2.72. The van der Waals surface area contributed by atoms with Gasteiger partial charge in [-0.3, -0.25) is 5.32 Å². The molecule has 3 N–H and O–H groups in total. The number of fused-ring (bicyclic) bond motifs is 12. The smallest absolute Gasteiger partial charge is 0.159 e. The molecule has 298 valence electrons. The third-order valence-corrected chi connectivity index (χ3v) is 18.4. The van der Waals surface area contributed by atoms with Crippen LogP contribution in [0.3, 0.4) is 0 Å². The van der Waals surface area contributed by atoms with Gasteiger partial charge in [-0.1, -0.05) is 74.2 Å². The number of hydrogen-bond acceptors (Lipinski definition) is 8. The number of piperazine rings is 1. The predicted molar refractivity (Wildman–Crippen MR) is 229 cm³/mol. The van der Waals surface area contributed by atoms with Crippen LogP contribution in [0.2, 0.25) is 17.5 Å². The Morgan fingerprint density at radius 3 is 2.10 bits per heavy atom. The first-order valence-corrected chi connectivity index (χ1v) is 23.7. The number of benzene rings is 2. The lowest BCUT2D eigenvalue weighted by atomic mass is 9.18. The second-order valence-electron chi connectivity index (χ2n) is 20.5. The van der Waals surface area contributed by atoms with Crippen LogP contribution in [0.1, 0.15) is 93.9 Å². The third kappa shape index (κ3) is 4.54. The summed E-state index contributed by atoms with van der Waals surface area (Å²) in [4.78, 5) is 19.4. The van der Waals surface area contributed by atoms with Crippen molar-refractivity contribution in [2.75, 3.05) is 24.5 Å². The number of para-hydroxylation sites is 1. The van der Waals surface area contributed by atoms with E-state index in [0.29, 0.717) is 65.7 Å². The van der Waals surface area contributed by atoms with Crippen LogP contribution in [0, 0.1) is 17.8 Å². The fraction of sp³-hybridized carbons (Fsp3) is 0.592. The number of aromatic nitrogens is 2. The maximum atomic E-state index is 5.10. The Kier molecular flexibility index (Phi) is 7.60. The van der Waals surface area contributed by atoms with Gasteiger partial charge in [0, 0.05) is 90.7 Å². The van der Waals surface area contributed by atoms with Gasteiger partial charge in [-0.25, -0.2) is 9.97 Å². The Balaban J connectivity index is 0.977. The van der Waals surface area contributed by atoms with Gasteiger partial charge in [0.1, 0.15) is 17.8 Å². The molecule has 3 saturated carbocycles. The van der Waals surface area contributed by atoms with E-state index in [1.807, 2.05) is 24.0 Å². The Hall–Kier alpha value is -3.66. The minimum absolute atomic E-state index is 0.263. The molecule has 4 saturated heterocycles. The fourth-order valence-electron chi connectivity index (χ4n) is 17.0. The molecule has 0 radical (unpaired) electrons. The summed E-state index contributed by atoms with van der Waals surface area (Å²) >= 11 is 0. The van der Waals surface area contributed by atoms with Gasteiger partial charge in [-0.15, -0.1) is 0 Å². The largest absolute Gasteiger partial charge is 0.368 e. The summed E-state index contributed by atoms with van der Waals surface area (Å²) < 4.78 is 0. The Labute approximate surface area is 344 Å². The molecule has 58 heavy (non-hydrogen) atoms. The molecule has 8 nitrogen and oxygen atoms in total. The van der Waals surface area contributed by atoms with Crippen LogP contribution in [-0.2, 0) is 0 Å². The molecule has 4 aliphatic carbocycles. The first-order chi connectivity index (χ1) is 28.8. The van der Waals surface area contributed by atoms with Gasteiger partial charge >= 0.3 is 0 Å². The number of nitrogens with zero attached hydrogens (tertiary/aromatic N) is 5. The molecule has 14 rings (SSSR count). The van der Waals surface area contributed by atoms with E-state index in [4.69, 9.17) is 9.97 Å². The van der Waals surface area contributed by atoms with Crippen LogP contribution in [0.15, 0.2) is 102 Å². The van der Waals surface area contributed by atoms with E-state index in [0.717, 1.165) is 43.2 Å². The van der Waals surface area contributed by atoms with Gasteiger partial charge in [0.15, 0.2) is 6.71 Å². The number of rotatable bonds is 3. The molecule has 9 heteroatoms. The van der Waals surface area contributed by atoms with E-state index < -0.39 is 0 Å². The second-order valence-corrected chi connectivity index (χ2v) is 20.5. The third-order valence-electron chi connectivity index (χ3n) is 18.4. The minimum Gasteiger partial charge on any atom is -0.368 e. The molecule has 7 aliphatic heterocycles. The van der Waals surface area contributed by atoms with Gasteiger partial charge in [0.2, 0.25) is 0 Å². The minimum atomic E-state index is 0.263. The van der Waals surface area contributed by atoms with E-state index in [-0.39, 0.29) is 6.17 Å². The van der Waals surface area contributed by atoms with Crippen molar-refractivity contribution < 1.29 is 0 Å². The Morgan fingerprint density at radius 1 is 0.621 bits per heavy atom. The maximum Gasteiger partial charge on any atom is 0.159 e. The molecule has 3 aromatic rings. The van der Waals surface area contributed by atoms with Gasteiger partial charge in [-0.2, -0.15) is 0 Å². The van der Waals surface area contributed by atoms with Crippen molar-refractivity contribution in [3.63, 3.8) is 0 Å². The highest BCUT2D eigenvalue weighted by Crippen LogP contribution is 2.70. The summed E-state index contributed by atoms with van der Waals surface area (Å²) in [5, 5.41) is 12.4. The SMILES string of the molecule is c1ccc(C2CC3CCCNC3C3=C2N2C4CC(c5ncccn5)CC5C4B(C4CCCC3C42)C2CCCC3C4=C(N(c6ccccc6)C6NCCNC46)N5C23)cc1. The highest BCUT2D eigenvalue weighted by atomic mass is 15.5. The molecular formula is C49H59BN8. The van der Waals surface area contributed by atoms with Crippen molar-refractivity contribution in [2.24, 2.45) is 17.8 Å². The maximum absolute atomic E-state index is 5.10. The lowest BCUT2D eigenvalue weighted by Gasteiger charge is -2.68. The molecule has 8 heterocycles. The van der Waals surface area contributed by atoms with E-state index in [9.17, 15) is 0 Å². The zero-order valence-electron chi connectivity index (χ0n) is 33.9. The summed E-state index contributed by atoms with van der Waals surface area (Å²) in [6.45, 7) is 4.04. The highest BCUT2D eigenvalue weighted by molar-refractivity contribution is 6.65. The number of nitrogens with one attached hydrogen (secondary N) is 3. The summed E-state index contributed by atoms with van der Waals surface area (Å²) in [7, 11) is 0. The monoisotopic (exact) mass is 770 g/mol. The fourth-order valence-corrected chi connectivity index (χ4v) is 17.0. The van der Waals surface area contributed by atoms with E-state index in [2.05, 4.69) is 91.3 Å². The first-order valence-electron chi connectivity index (χ1n) is 23.7. The summed E-state index contributed by atoms with van der Waals surface area (Å²) in [6.07, 6.45) is 19.0. The number of piperidine rings is 1. The predicted octanol–water partition coefficient (Wildman–Crippen LogP) is 7.12. The average molecular weight is 771 g/mol. The van der Waals surface area contributed by atoms with Crippen molar-refractivity contribution in [1.82, 2.24) is 35.7 Å². The van der Waals surface area contributed by atoms with Crippen LogP contribution in [0.25, 0.3) is 0 Å². The van der Waals surface area contributed by atoms with Crippen LogP contribution in [0.4, 0.5) is 5.69 Å². The Morgan fingerprint density at radius 2 is 1.31 bits per heavy atom.